The highest BCUT2D eigenvalue weighted by Gasteiger charge is 2.32. The summed E-state index contributed by atoms with van der Waals surface area (Å²) in [6.45, 7) is 4.29. The van der Waals surface area contributed by atoms with Crippen LogP contribution < -0.4 is 5.73 Å². The summed E-state index contributed by atoms with van der Waals surface area (Å²) in [6.07, 6.45) is 3.44. The van der Waals surface area contributed by atoms with Gasteiger partial charge in [0.2, 0.25) is 0 Å². The molecule has 0 aromatic carbocycles. The van der Waals surface area contributed by atoms with E-state index in [1.54, 1.807) is 6.08 Å². The first-order valence-electron chi connectivity index (χ1n) is 5.36. The van der Waals surface area contributed by atoms with Gasteiger partial charge < -0.3 is 10.5 Å². The summed E-state index contributed by atoms with van der Waals surface area (Å²) < 4.78 is 27.4. The summed E-state index contributed by atoms with van der Waals surface area (Å²) in [5.41, 5.74) is 6.27. The lowest BCUT2D eigenvalue weighted by molar-refractivity contribution is 0.223. The molecular formula is C11H19NO3S2. The third-order valence-corrected chi connectivity index (χ3v) is 4.56. The van der Waals surface area contributed by atoms with Crippen LogP contribution in [0.3, 0.4) is 0 Å². The van der Waals surface area contributed by atoms with Crippen LogP contribution in [-0.4, -0.2) is 27.0 Å². The maximum absolute atomic E-state index is 10.9. The number of allylic oxidation sites excluding steroid dienone is 2. The Hall–Kier alpha value is -0.620. The average Bonchev–Trinajstić information content (AvgIpc) is 2.36. The molecule has 0 aromatic heterocycles. The highest BCUT2D eigenvalue weighted by Crippen LogP contribution is 2.42. The van der Waals surface area contributed by atoms with Gasteiger partial charge in [-0.25, -0.2) is 8.42 Å². The summed E-state index contributed by atoms with van der Waals surface area (Å²) >= 11 is 4.39. The summed E-state index contributed by atoms with van der Waals surface area (Å²) in [7, 11) is -2.92. The van der Waals surface area contributed by atoms with Crippen LogP contribution in [0.5, 0.6) is 0 Å². The maximum Gasteiger partial charge on any atom is 0.147 e. The summed E-state index contributed by atoms with van der Waals surface area (Å²) in [6, 6.07) is 0. The van der Waals surface area contributed by atoms with Crippen LogP contribution in [0.25, 0.3) is 0 Å². The third-order valence-electron chi connectivity index (χ3n) is 2.75. The Bertz CT molecular complexity index is 461. The van der Waals surface area contributed by atoms with Gasteiger partial charge in [0.15, 0.2) is 0 Å². The Kier molecular flexibility index (Phi) is 4.19. The van der Waals surface area contributed by atoms with E-state index < -0.39 is 9.84 Å². The number of ether oxygens (including phenoxy) is 1. The first-order chi connectivity index (χ1) is 7.64. The van der Waals surface area contributed by atoms with Gasteiger partial charge in [-0.2, -0.15) is 0 Å². The molecule has 1 rings (SSSR count). The van der Waals surface area contributed by atoms with Crippen molar-refractivity contribution >= 4 is 22.5 Å². The fourth-order valence-corrected chi connectivity index (χ4v) is 2.35. The van der Waals surface area contributed by atoms with Crippen molar-refractivity contribution in [1.29, 1.82) is 0 Å². The van der Waals surface area contributed by atoms with Crippen molar-refractivity contribution in [3.8, 4) is 0 Å². The van der Waals surface area contributed by atoms with Crippen molar-refractivity contribution < 1.29 is 13.2 Å². The Labute approximate surface area is 108 Å². The third kappa shape index (κ3) is 3.67. The van der Waals surface area contributed by atoms with Crippen LogP contribution in [-0.2, 0) is 14.6 Å². The first kappa shape index (κ1) is 14.4. The summed E-state index contributed by atoms with van der Waals surface area (Å²) in [4.78, 5) is 0.786. The number of hydrogen-bond acceptors (Lipinski definition) is 5. The fraction of sp³-hybridized carbons (Fsp3) is 0.636. The summed E-state index contributed by atoms with van der Waals surface area (Å²) in [5, 5.41) is 0. The Morgan fingerprint density at radius 1 is 1.47 bits per heavy atom. The minimum Gasteiger partial charge on any atom is -0.493 e. The molecule has 2 N–H and O–H groups in total. The van der Waals surface area contributed by atoms with Crippen molar-refractivity contribution in [3.05, 3.63) is 22.4 Å². The van der Waals surface area contributed by atoms with Crippen LogP contribution in [0.15, 0.2) is 22.4 Å². The number of hydrogen-bond donors (Lipinski definition) is 2. The van der Waals surface area contributed by atoms with E-state index in [4.69, 9.17) is 10.5 Å². The topological polar surface area (TPSA) is 69.4 Å². The predicted octanol–water partition coefficient (Wildman–Crippen LogP) is 1.46. The second-order valence-electron chi connectivity index (χ2n) is 4.77. The van der Waals surface area contributed by atoms with Gasteiger partial charge in [0.1, 0.15) is 15.6 Å². The van der Waals surface area contributed by atoms with Crippen molar-refractivity contribution in [2.75, 3.05) is 18.6 Å². The minimum atomic E-state index is -2.92. The lowest BCUT2D eigenvalue weighted by Crippen LogP contribution is -2.18. The normalized spacial score (nSPS) is 19.4. The van der Waals surface area contributed by atoms with Crippen molar-refractivity contribution in [3.63, 3.8) is 0 Å². The molecule has 0 saturated carbocycles. The molecule has 0 atom stereocenters. The molecule has 17 heavy (non-hydrogen) atoms. The van der Waals surface area contributed by atoms with Crippen molar-refractivity contribution in [1.82, 2.24) is 0 Å². The highest BCUT2D eigenvalue weighted by molar-refractivity contribution is 7.90. The molecule has 0 radical (unpaired) electrons. The lowest BCUT2D eigenvalue weighted by atomic mass is 9.92. The molecular weight excluding hydrogens is 258 g/mol. The molecule has 0 spiro atoms. The van der Waals surface area contributed by atoms with E-state index in [2.05, 4.69) is 12.6 Å². The van der Waals surface area contributed by atoms with E-state index in [1.807, 2.05) is 13.8 Å². The Morgan fingerprint density at radius 3 is 2.47 bits per heavy atom. The smallest absolute Gasteiger partial charge is 0.147 e. The van der Waals surface area contributed by atoms with Gasteiger partial charge in [-0.1, -0.05) is 0 Å². The van der Waals surface area contributed by atoms with Gasteiger partial charge in [0.05, 0.1) is 12.4 Å². The van der Waals surface area contributed by atoms with E-state index in [9.17, 15) is 8.42 Å². The fourth-order valence-electron chi connectivity index (χ4n) is 1.45. The second kappa shape index (κ2) is 4.94. The largest absolute Gasteiger partial charge is 0.493 e. The molecule has 0 unspecified atom stereocenters. The molecule has 0 fully saturated rings. The molecule has 0 saturated heterocycles. The molecule has 6 heteroatoms. The molecule has 4 nitrogen and oxygen atoms in total. The van der Waals surface area contributed by atoms with Gasteiger partial charge >= 0.3 is 0 Å². The van der Waals surface area contributed by atoms with E-state index in [0.29, 0.717) is 24.5 Å². The molecule has 98 valence electrons. The van der Waals surface area contributed by atoms with Gasteiger partial charge in [-0.15, -0.1) is 12.6 Å². The zero-order valence-corrected chi connectivity index (χ0v) is 12.1. The van der Waals surface area contributed by atoms with Gasteiger partial charge in [0, 0.05) is 28.3 Å². The first-order valence-corrected chi connectivity index (χ1v) is 7.87. The lowest BCUT2D eigenvalue weighted by Gasteiger charge is -2.20. The van der Waals surface area contributed by atoms with E-state index in [0.717, 1.165) is 4.91 Å². The van der Waals surface area contributed by atoms with Gasteiger partial charge in [0.25, 0.3) is 0 Å². The SMILES string of the molecule is CC1(C)C(N)=CC(OCCCS(C)(=O)=O)=C1S. The highest BCUT2D eigenvalue weighted by atomic mass is 32.2. The van der Waals surface area contributed by atoms with Crippen molar-refractivity contribution in [2.24, 2.45) is 11.1 Å². The standard InChI is InChI=1S/C11H19NO3S2/c1-11(2)9(12)7-8(10(11)16)15-5-4-6-17(3,13)14/h7,16H,4-6,12H2,1-3H3. The predicted molar refractivity (Wildman–Crippen MR) is 72.3 cm³/mol. The molecule has 1 aliphatic rings. The van der Waals surface area contributed by atoms with E-state index in [1.165, 1.54) is 6.26 Å². The monoisotopic (exact) mass is 277 g/mol. The number of nitrogens with two attached hydrogens (primary N) is 1. The Morgan fingerprint density at radius 2 is 2.06 bits per heavy atom. The van der Waals surface area contributed by atoms with Crippen LogP contribution >= 0.6 is 12.6 Å². The van der Waals surface area contributed by atoms with E-state index >= 15 is 0 Å². The molecule has 0 heterocycles. The molecule has 0 aromatic rings. The zero-order chi connectivity index (χ0) is 13.3. The molecule has 1 aliphatic carbocycles. The number of thiol groups is 1. The average molecular weight is 277 g/mol. The van der Waals surface area contributed by atoms with E-state index in [-0.39, 0.29) is 11.2 Å². The minimum absolute atomic E-state index is 0.130. The van der Waals surface area contributed by atoms with Gasteiger partial charge in [-0.3, -0.25) is 0 Å². The number of sulfone groups is 1. The number of rotatable bonds is 5. The van der Waals surface area contributed by atoms with Crippen LogP contribution in [0.4, 0.5) is 0 Å². The summed E-state index contributed by atoms with van der Waals surface area (Å²) in [5.74, 6) is 0.773. The Balaban J connectivity index is 2.52. The van der Waals surface area contributed by atoms with Gasteiger partial charge in [-0.05, 0) is 20.3 Å². The zero-order valence-electron chi connectivity index (χ0n) is 10.4. The van der Waals surface area contributed by atoms with Crippen LogP contribution in [0.1, 0.15) is 20.3 Å². The molecule has 0 bridgehead atoms. The van der Waals surface area contributed by atoms with Crippen molar-refractivity contribution in [2.45, 2.75) is 20.3 Å². The van der Waals surface area contributed by atoms with Crippen LogP contribution in [0, 0.1) is 5.41 Å². The molecule has 0 amide bonds. The maximum atomic E-state index is 10.9. The molecule has 0 aliphatic heterocycles. The second-order valence-corrected chi connectivity index (χ2v) is 7.48. The van der Waals surface area contributed by atoms with Crippen LogP contribution in [0.2, 0.25) is 0 Å². The quantitative estimate of drug-likeness (QED) is 0.589.